The molecule has 0 fully saturated rings. The lowest BCUT2D eigenvalue weighted by atomic mass is 10.1. The topological polar surface area (TPSA) is 93.7 Å². The van der Waals surface area contributed by atoms with Crippen molar-refractivity contribution in [2.75, 3.05) is 0 Å². The van der Waals surface area contributed by atoms with Crippen molar-refractivity contribution >= 4 is 29.1 Å². The summed E-state index contributed by atoms with van der Waals surface area (Å²) in [5.74, 6) is -0.173. The molecule has 0 saturated carbocycles. The van der Waals surface area contributed by atoms with Gasteiger partial charge in [-0.25, -0.2) is 4.79 Å². The lowest BCUT2D eigenvalue weighted by Gasteiger charge is -2.10. The van der Waals surface area contributed by atoms with Gasteiger partial charge >= 0.3 is 5.97 Å². The highest BCUT2D eigenvalue weighted by atomic mass is 32.1. The molecule has 4 rings (SSSR count). The Kier molecular flexibility index (Phi) is 5.73. The number of nitrogens with zero attached hydrogens (tertiary/aromatic N) is 5. The van der Waals surface area contributed by atoms with Crippen molar-refractivity contribution in [3.63, 3.8) is 0 Å². The Morgan fingerprint density at radius 1 is 1.10 bits per heavy atom. The number of ether oxygens (including phenoxy) is 1. The lowest BCUT2D eigenvalue weighted by molar-refractivity contribution is -0.138. The average Bonchev–Trinajstić information content (AvgIpc) is 3.48. The number of hydrogen-bond donors (Lipinski definition) is 0. The molecule has 2 aromatic heterocycles. The molecule has 0 spiro atoms. The van der Waals surface area contributed by atoms with E-state index >= 15 is 0 Å². The number of rotatable bonds is 6. The minimum atomic E-state index is -0.597. The van der Waals surface area contributed by atoms with Crippen LogP contribution < -0.4 is 0 Å². The van der Waals surface area contributed by atoms with E-state index in [0.717, 1.165) is 10.4 Å². The van der Waals surface area contributed by atoms with Gasteiger partial charge in [-0.15, -0.1) is 16.4 Å². The van der Waals surface area contributed by atoms with Crippen LogP contribution in [0.2, 0.25) is 0 Å². The zero-order chi connectivity index (χ0) is 20.8. The van der Waals surface area contributed by atoms with Crippen LogP contribution in [0.5, 0.6) is 0 Å². The largest absolute Gasteiger partial charge is 0.456 e. The van der Waals surface area contributed by atoms with E-state index in [4.69, 9.17) is 4.74 Å². The van der Waals surface area contributed by atoms with Crippen molar-refractivity contribution in [1.29, 1.82) is 5.26 Å². The van der Waals surface area contributed by atoms with Gasteiger partial charge in [-0.05, 0) is 34.0 Å². The van der Waals surface area contributed by atoms with Gasteiger partial charge in [0.15, 0.2) is 11.5 Å². The maximum atomic E-state index is 13.0. The van der Waals surface area contributed by atoms with Gasteiger partial charge in [0.05, 0.1) is 11.6 Å². The van der Waals surface area contributed by atoms with E-state index in [2.05, 4.69) is 21.6 Å². The molecule has 0 aliphatic heterocycles. The minimum absolute atomic E-state index is 0.0346. The van der Waals surface area contributed by atoms with Gasteiger partial charge < -0.3 is 4.74 Å². The summed E-state index contributed by atoms with van der Waals surface area (Å²) < 4.78 is 6.89. The second kappa shape index (κ2) is 8.94. The monoisotopic (exact) mass is 413 g/mol. The van der Waals surface area contributed by atoms with Crippen LogP contribution in [0.4, 0.5) is 0 Å². The molecule has 0 aliphatic carbocycles. The van der Waals surface area contributed by atoms with Crippen LogP contribution in [0.15, 0.2) is 72.1 Å². The molecule has 2 heterocycles. The summed E-state index contributed by atoms with van der Waals surface area (Å²) in [5.41, 5.74) is 2.03. The van der Waals surface area contributed by atoms with Gasteiger partial charge in [0.25, 0.3) is 0 Å². The molecule has 30 heavy (non-hydrogen) atoms. The summed E-state index contributed by atoms with van der Waals surface area (Å²) in [6, 6.07) is 22.2. The van der Waals surface area contributed by atoms with Gasteiger partial charge in [-0.3, -0.25) is 0 Å². The van der Waals surface area contributed by atoms with Crippen LogP contribution >= 0.6 is 11.3 Å². The predicted octanol–water partition coefficient (Wildman–Crippen LogP) is 4.01. The molecule has 146 valence electrons. The van der Waals surface area contributed by atoms with Crippen LogP contribution in [0.3, 0.4) is 0 Å². The lowest BCUT2D eigenvalue weighted by Crippen LogP contribution is -2.15. The van der Waals surface area contributed by atoms with E-state index in [9.17, 15) is 10.1 Å². The summed E-state index contributed by atoms with van der Waals surface area (Å²) >= 11 is 1.48. The molecular formula is C22H15N5O2S. The fraction of sp³-hybridized carbons (Fsp3) is 0.0455. The van der Waals surface area contributed by atoms with Gasteiger partial charge in [0.1, 0.15) is 6.61 Å². The highest BCUT2D eigenvalue weighted by molar-refractivity contribution is 7.10. The average molecular weight is 413 g/mol. The number of carbonyl (C=O) groups is 1. The molecule has 0 unspecified atom stereocenters. The van der Waals surface area contributed by atoms with Crippen LogP contribution in [0, 0.1) is 11.3 Å². The SMILES string of the molecule is N#Cc1ccccc1COC(=O)/C(=C/c1cccs1)n1nnnc1-c1ccccc1. The van der Waals surface area contributed by atoms with Crippen molar-refractivity contribution in [3.05, 3.63) is 88.1 Å². The van der Waals surface area contributed by atoms with E-state index in [1.54, 1.807) is 30.3 Å². The minimum Gasteiger partial charge on any atom is -0.456 e. The third-order valence-electron chi connectivity index (χ3n) is 4.26. The molecule has 4 aromatic rings. The van der Waals surface area contributed by atoms with Crippen molar-refractivity contribution in [2.24, 2.45) is 0 Å². The third kappa shape index (κ3) is 4.16. The summed E-state index contributed by atoms with van der Waals surface area (Å²) in [4.78, 5) is 13.9. The summed E-state index contributed by atoms with van der Waals surface area (Å²) in [6.07, 6.45) is 1.69. The Balaban J connectivity index is 1.68. The Morgan fingerprint density at radius 2 is 1.90 bits per heavy atom. The first-order chi connectivity index (χ1) is 14.8. The zero-order valence-electron chi connectivity index (χ0n) is 15.7. The van der Waals surface area contributed by atoms with E-state index in [1.807, 2.05) is 47.8 Å². The number of carbonyl (C=O) groups excluding carboxylic acids is 1. The summed E-state index contributed by atoms with van der Waals surface area (Å²) in [5, 5.41) is 23.0. The number of benzene rings is 2. The molecule has 0 bridgehead atoms. The second-order valence-electron chi connectivity index (χ2n) is 6.17. The molecular weight excluding hydrogens is 398 g/mol. The van der Waals surface area contributed by atoms with E-state index in [0.29, 0.717) is 17.0 Å². The second-order valence-corrected chi connectivity index (χ2v) is 7.15. The van der Waals surface area contributed by atoms with Crippen molar-refractivity contribution in [2.45, 2.75) is 6.61 Å². The highest BCUT2D eigenvalue weighted by Gasteiger charge is 2.21. The molecule has 0 N–H and O–H groups in total. The fourth-order valence-corrected chi connectivity index (χ4v) is 3.45. The third-order valence-corrected chi connectivity index (χ3v) is 5.08. The molecule has 0 amide bonds. The van der Waals surface area contributed by atoms with Gasteiger partial charge in [0.2, 0.25) is 0 Å². The Morgan fingerprint density at radius 3 is 2.67 bits per heavy atom. The molecule has 0 aliphatic rings. The Hall–Kier alpha value is -4.09. The summed E-state index contributed by atoms with van der Waals surface area (Å²) in [7, 11) is 0. The van der Waals surface area contributed by atoms with Crippen molar-refractivity contribution in [1.82, 2.24) is 20.2 Å². The Bertz CT molecular complexity index is 1220. The fourth-order valence-electron chi connectivity index (χ4n) is 2.80. The predicted molar refractivity (Wildman–Crippen MR) is 113 cm³/mol. The maximum Gasteiger partial charge on any atom is 0.357 e. The van der Waals surface area contributed by atoms with Crippen molar-refractivity contribution in [3.8, 4) is 17.5 Å². The van der Waals surface area contributed by atoms with E-state index < -0.39 is 5.97 Å². The van der Waals surface area contributed by atoms with Gasteiger partial charge in [-0.1, -0.05) is 54.6 Å². The maximum absolute atomic E-state index is 13.0. The normalized spacial score (nSPS) is 11.1. The zero-order valence-corrected chi connectivity index (χ0v) is 16.5. The number of nitriles is 1. The summed E-state index contributed by atoms with van der Waals surface area (Å²) in [6.45, 7) is -0.0346. The van der Waals surface area contributed by atoms with Crippen LogP contribution in [-0.2, 0) is 16.1 Å². The molecule has 8 heteroatoms. The first kappa shape index (κ1) is 19.2. The Labute approximate surface area is 176 Å². The quantitative estimate of drug-likeness (QED) is 0.350. The first-order valence-electron chi connectivity index (χ1n) is 9.01. The van der Waals surface area contributed by atoms with Crippen LogP contribution in [-0.4, -0.2) is 26.2 Å². The molecule has 0 saturated heterocycles. The smallest absolute Gasteiger partial charge is 0.357 e. The van der Waals surface area contributed by atoms with E-state index in [-0.39, 0.29) is 12.3 Å². The first-order valence-corrected chi connectivity index (χ1v) is 9.89. The van der Waals surface area contributed by atoms with Gasteiger partial charge in [0, 0.05) is 16.0 Å². The number of tetrazole rings is 1. The number of esters is 1. The highest BCUT2D eigenvalue weighted by Crippen LogP contribution is 2.23. The molecule has 7 nitrogen and oxygen atoms in total. The number of aromatic nitrogens is 4. The van der Waals surface area contributed by atoms with Crippen LogP contribution in [0.25, 0.3) is 23.2 Å². The molecule has 0 atom stereocenters. The standard InChI is InChI=1S/C22H15N5O2S/c23-14-17-9-4-5-10-18(17)15-29-22(28)20(13-19-11-6-12-30-19)27-21(24-25-26-27)16-7-2-1-3-8-16/h1-13H,15H2/b20-13-. The molecule has 0 radical (unpaired) electrons. The van der Waals surface area contributed by atoms with E-state index in [1.165, 1.54) is 16.0 Å². The number of hydrogen-bond acceptors (Lipinski definition) is 7. The van der Waals surface area contributed by atoms with Crippen LogP contribution in [0.1, 0.15) is 16.0 Å². The van der Waals surface area contributed by atoms with Gasteiger partial charge in [-0.2, -0.15) is 9.94 Å². The molecule has 2 aromatic carbocycles. The van der Waals surface area contributed by atoms with Crippen molar-refractivity contribution < 1.29 is 9.53 Å². The number of thiophene rings is 1.